The minimum absolute atomic E-state index is 0.196. The van der Waals surface area contributed by atoms with E-state index in [1.165, 1.54) is 10.7 Å². The standard InChI is InChI=1S/C17H17N5O2/c1-11-5-6-14(8-12(11)2)22-16(23)9-15(21-22)17(24)18-10-13-4-3-7-19-20-13/h3-9,21H,10H2,1-2H3,(H,18,24). The number of nitrogens with zero attached hydrogens (tertiary/aromatic N) is 3. The van der Waals surface area contributed by atoms with E-state index in [2.05, 4.69) is 20.6 Å². The molecule has 2 N–H and O–H groups in total. The molecule has 0 spiro atoms. The number of aromatic amines is 1. The minimum Gasteiger partial charge on any atom is -0.345 e. The van der Waals surface area contributed by atoms with Crippen LogP contribution in [0.3, 0.4) is 0 Å². The van der Waals surface area contributed by atoms with Gasteiger partial charge in [0, 0.05) is 12.3 Å². The van der Waals surface area contributed by atoms with Crippen LogP contribution in [0, 0.1) is 13.8 Å². The van der Waals surface area contributed by atoms with Crippen molar-refractivity contribution in [3.63, 3.8) is 0 Å². The van der Waals surface area contributed by atoms with Crippen LogP contribution in [-0.4, -0.2) is 25.9 Å². The molecule has 0 saturated heterocycles. The highest BCUT2D eigenvalue weighted by Gasteiger charge is 2.12. The molecule has 0 saturated carbocycles. The third kappa shape index (κ3) is 3.24. The fourth-order valence-corrected chi connectivity index (χ4v) is 2.26. The van der Waals surface area contributed by atoms with E-state index in [0.717, 1.165) is 11.1 Å². The average molecular weight is 323 g/mol. The highest BCUT2D eigenvalue weighted by atomic mass is 16.2. The van der Waals surface area contributed by atoms with Gasteiger partial charge in [-0.1, -0.05) is 6.07 Å². The largest absolute Gasteiger partial charge is 0.345 e. The lowest BCUT2D eigenvalue weighted by Crippen LogP contribution is -2.24. The van der Waals surface area contributed by atoms with Crippen LogP contribution in [0.4, 0.5) is 0 Å². The highest BCUT2D eigenvalue weighted by Crippen LogP contribution is 2.12. The first kappa shape index (κ1) is 15.7. The summed E-state index contributed by atoms with van der Waals surface area (Å²) in [7, 11) is 0. The van der Waals surface area contributed by atoms with Crippen molar-refractivity contribution in [3.05, 3.63) is 75.5 Å². The summed E-state index contributed by atoms with van der Waals surface area (Å²) < 4.78 is 1.35. The zero-order valence-corrected chi connectivity index (χ0v) is 13.4. The summed E-state index contributed by atoms with van der Waals surface area (Å²) in [6.07, 6.45) is 1.56. The number of amides is 1. The van der Waals surface area contributed by atoms with Crippen molar-refractivity contribution in [1.82, 2.24) is 25.3 Å². The van der Waals surface area contributed by atoms with Crippen molar-refractivity contribution < 1.29 is 4.79 Å². The first-order valence-electron chi connectivity index (χ1n) is 7.49. The molecular weight excluding hydrogens is 306 g/mol. The Morgan fingerprint density at radius 3 is 2.75 bits per heavy atom. The number of rotatable bonds is 4. The monoisotopic (exact) mass is 323 g/mol. The van der Waals surface area contributed by atoms with Gasteiger partial charge >= 0.3 is 0 Å². The Morgan fingerprint density at radius 1 is 1.21 bits per heavy atom. The number of carbonyl (C=O) groups excluding carboxylic acids is 1. The fraction of sp³-hybridized carbons (Fsp3) is 0.176. The molecule has 7 nitrogen and oxygen atoms in total. The molecule has 7 heteroatoms. The predicted octanol–water partition coefficient (Wildman–Crippen LogP) is 1.50. The molecule has 0 aliphatic rings. The summed E-state index contributed by atoms with van der Waals surface area (Å²) in [6.45, 7) is 4.22. The van der Waals surface area contributed by atoms with Gasteiger partial charge < -0.3 is 5.32 Å². The summed E-state index contributed by atoms with van der Waals surface area (Å²) in [5.74, 6) is -0.375. The Kier molecular flexibility index (Phi) is 4.24. The Labute approximate surface area is 138 Å². The Hall–Kier alpha value is -3.22. The fourth-order valence-electron chi connectivity index (χ4n) is 2.26. The van der Waals surface area contributed by atoms with E-state index in [9.17, 15) is 9.59 Å². The number of aromatic nitrogens is 4. The van der Waals surface area contributed by atoms with Gasteiger partial charge in [0.05, 0.1) is 17.9 Å². The van der Waals surface area contributed by atoms with Gasteiger partial charge in [-0.3, -0.25) is 14.7 Å². The maximum absolute atomic E-state index is 12.2. The van der Waals surface area contributed by atoms with E-state index < -0.39 is 0 Å². The second kappa shape index (κ2) is 6.49. The molecule has 2 heterocycles. The van der Waals surface area contributed by atoms with E-state index >= 15 is 0 Å². The van der Waals surface area contributed by atoms with Crippen LogP contribution >= 0.6 is 0 Å². The van der Waals surface area contributed by atoms with Crippen LogP contribution in [0.5, 0.6) is 0 Å². The molecule has 0 fully saturated rings. The second-order valence-corrected chi connectivity index (χ2v) is 5.51. The maximum atomic E-state index is 12.2. The van der Waals surface area contributed by atoms with Gasteiger partial charge in [-0.15, -0.1) is 0 Å². The number of hydrogen-bond acceptors (Lipinski definition) is 4. The van der Waals surface area contributed by atoms with E-state index in [1.54, 1.807) is 18.3 Å². The van der Waals surface area contributed by atoms with Crippen molar-refractivity contribution in [2.45, 2.75) is 20.4 Å². The average Bonchev–Trinajstić information content (AvgIpc) is 2.98. The quantitative estimate of drug-likeness (QED) is 0.761. The molecule has 0 radical (unpaired) electrons. The summed E-state index contributed by atoms with van der Waals surface area (Å²) in [5.41, 5.74) is 3.45. The summed E-state index contributed by atoms with van der Waals surface area (Å²) in [4.78, 5) is 24.3. The Balaban J connectivity index is 1.79. The molecule has 2 aromatic heterocycles. The van der Waals surface area contributed by atoms with Crippen LogP contribution in [0.1, 0.15) is 27.3 Å². The molecule has 0 aliphatic carbocycles. The number of H-pyrrole nitrogens is 1. The smallest absolute Gasteiger partial charge is 0.271 e. The predicted molar refractivity (Wildman–Crippen MR) is 89.1 cm³/mol. The molecule has 0 aliphatic heterocycles. The normalized spacial score (nSPS) is 10.6. The first-order chi connectivity index (χ1) is 11.5. The van der Waals surface area contributed by atoms with Crippen molar-refractivity contribution in [2.24, 2.45) is 0 Å². The molecular formula is C17H17N5O2. The molecule has 1 amide bonds. The van der Waals surface area contributed by atoms with Crippen LogP contribution in [-0.2, 0) is 6.54 Å². The van der Waals surface area contributed by atoms with E-state index in [1.807, 2.05) is 32.0 Å². The third-order valence-electron chi connectivity index (χ3n) is 3.77. The SMILES string of the molecule is Cc1ccc(-n2[nH]c(C(=O)NCc3cccnn3)cc2=O)cc1C. The lowest BCUT2D eigenvalue weighted by atomic mass is 10.1. The lowest BCUT2D eigenvalue weighted by Gasteiger charge is -2.06. The number of hydrogen-bond donors (Lipinski definition) is 2. The number of benzene rings is 1. The molecule has 0 bridgehead atoms. The van der Waals surface area contributed by atoms with Gasteiger partial charge in [0.1, 0.15) is 5.69 Å². The van der Waals surface area contributed by atoms with Gasteiger partial charge in [-0.25, -0.2) is 4.68 Å². The summed E-state index contributed by atoms with van der Waals surface area (Å²) in [6, 6.07) is 10.5. The molecule has 1 aromatic carbocycles. The van der Waals surface area contributed by atoms with Crippen molar-refractivity contribution >= 4 is 5.91 Å². The lowest BCUT2D eigenvalue weighted by molar-refractivity contribution is 0.0945. The maximum Gasteiger partial charge on any atom is 0.271 e. The van der Waals surface area contributed by atoms with Crippen LogP contribution in [0.15, 0.2) is 47.4 Å². The van der Waals surface area contributed by atoms with Crippen LogP contribution in [0.25, 0.3) is 5.69 Å². The number of nitrogens with one attached hydrogen (secondary N) is 2. The van der Waals surface area contributed by atoms with Crippen molar-refractivity contribution in [1.29, 1.82) is 0 Å². The van der Waals surface area contributed by atoms with Gasteiger partial charge in [0.2, 0.25) is 0 Å². The molecule has 0 unspecified atom stereocenters. The Bertz CT molecular complexity index is 928. The van der Waals surface area contributed by atoms with Gasteiger partial charge in [0.15, 0.2) is 0 Å². The van der Waals surface area contributed by atoms with Crippen LogP contribution in [0.2, 0.25) is 0 Å². The van der Waals surface area contributed by atoms with Crippen molar-refractivity contribution in [2.75, 3.05) is 0 Å². The molecule has 122 valence electrons. The van der Waals surface area contributed by atoms with Gasteiger partial charge in [-0.2, -0.15) is 10.2 Å². The number of carbonyl (C=O) groups is 1. The van der Waals surface area contributed by atoms with Crippen molar-refractivity contribution in [3.8, 4) is 5.69 Å². The van der Waals surface area contributed by atoms with E-state index in [0.29, 0.717) is 11.4 Å². The molecule has 3 rings (SSSR count). The summed E-state index contributed by atoms with van der Waals surface area (Å²) in [5, 5.41) is 13.2. The molecule has 0 atom stereocenters. The third-order valence-corrected chi connectivity index (χ3v) is 3.77. The van der Waals surface area contributed by atoms with E-state index in [4.69, 9.17) is 0 Å². The van der Waals surface area contributed by atoms with Gasteiger partial charge in [-0.05, 0) is 49.2 Å². The van der Waals surface area contributed by atoms with Crippen LogP contribution < -0.4 is 10.9 Å². The number of aryl methyl sites for hydroxylation is 2. The first-order valence-corrected chi connectivity index (χ1v) is 7.49. The minimum atomic E-state index is -0.375. The second-order valence-electron chi connectivity index (χ2n) is 5.51. The topological polar surface area (TPSA) is 92.7 Å². The summed E-state index contributed by atoms with van der Waals surface area (Å²) >= 11 is 0. The molecule has 24 heavy (non-hydrogen) atoms. The highest BCUT2D eigenvalue weighted by molar-refractivity contribution is 5.92. The van der Waals surface area contributed by atoms with Gasteiger partial charge in [0.25, 0.3) is 11.5 Å². The zero-order chi connectivity index (χ0) is 17.1. The Morgan fingerprint density at radius 2 is 2.04 bits per heavy atom. The van der Waals surface area contributed by atoms with E-state index in [-0.39, 0.29) is 23.7 Å². The molecule has 3 aromatic rings. The zero-order valence-electron chi connectivity index (χ0n) is 13.4.